The Hall–Kier alpha value is -2.06. The minimum absolute atomic E-state index is 0.275. The lowest BCUT2D eigenvalue weighted by Gasteiger charge is -2.29. The van der Waals surface area contributed by atoms with Crippen molar-refractivity contribution >= 4 is 15.8 Å². The molecule has 1 fully saturated rings. The fourth-order valence-corrected chi connectivity index (χ4v) is 4.11. The summed E-state index contributed by atoms with van der Waals surface area (Å²) in [6.07, 6.45) is 3.88. The summed E-state index contributed by atoms with van der Waals surface area (Å²) in [6, 6.07) is 10.2. The number of benzene rings is 1. The summed E-state index contributed by atoms with van der Waals surface area (Å²) in [5, 5.41) is 11.5. The predicted octanol–water partition coefficient (Wildman–Crippen LogP) is 3.58. The molecular weight excluding hydrogens is 379 g/mol. The van der Waals surface area contributed by atoms with Gasteiger partial charge in [-0.3, -0.25) is 0 Å². The van der Waals surface area contributed by atoms with Crippen LogP contribution < -0.4 is 10.0 Å². The second-order valence-corrected chi connectivity index (χ2v) is 9.94. The molecule has 0 bridgehead atoms. The highest BCUT2D eigenvalue weighted by molar-refractivity contribution is 7.90. The Kier molecular flexibility index (Phi) is 6.61. The van der Waals surface area contributed by atoms with Gasteiger partial charge in [-0.2, -0.15) is 0 Å². The quantitative estimate of drug-likeness (QED) is 0.734. The lowest BCUT2D eigenvalue weighted by atomic mass is 9.86. The first-order chi connectivity index (χ1) is 13.3. The number of sulfonamides is 1. The molecule has 0 spiro atoms. The van der Waals surface area contributed by atoms with E-state index in [2.05, 4.69) is 20.2 Å². The molecule has 1 aromatic heterocycles. The molecule has 0 unspecified atom stereocenters. The van der Waals surface area contributed by atoms with Crippen molar-refractivity contribution in [2.45, 2.75) is 50.8 Å². The lowest BCUT2D eigenvalue weighted by molar-refractivity contribution is 0.336. The van der Waals surface area contributed by atoms with Crippen molar-refractivity contribution in [1.29, 1.82) is 0 Å². The molecule has 1 saturated carbocycles. The van der Waals surface area contributed by atoms with Gasteiger partial charge in [-0.05, 0) is 81.8 Å². The van der Waals surface area contributed by atoms with Crippen molar-refractivity contribution < 1.29 is 12.8 Å². The maximum atomic E-state index is 13.0. The molecule has 8 heteroatoms. The Morgan fingerprint density at radius 2 is 1.71 bits per heavy atom. The Bertz CT molecular complexity index is 862. The standard InChI is InChI=1S/C20H27FN4O2S/c1-14(2)28(26,27)22-13-15-3-9-18(10-4-15)23-20-12-11-19(24-25-20)16-5-7-17(21)8-6-16/h5-8,11-12,14-15,18,22H,3-4,9-10,13H2,1-2H3,(H,23,25). The highest BCUT2D eigenvalue weighted by Gasteiger charge is 2.24. The second-order valence-electron chi connectivity index (χ2n) is 7.61. The van der Waals surface area contributed by atoms with Crippen LogP contribution in [-0.2, 0) is 10.0 Å². The molecule has 152 valence electrons. The van der Waals surface area contributed by atoms with Crippen molar-refractivity contribution in [2.24, 2.45) is 5.92 Å². The SMILES string of the molecule is CC(C)S(=O)(=O)NCC1CCC(Nc2ccc(-c3ccc(F)cc3)nn2)CC1. The average Bonchev–Trinajstić information content (AvgIpc) is 2.69. The minimum atomic E-state index is -3.19. The minimum Gasteiger partial charge on any atom is -0.366 e. The Labute approximate surface area is 166 Å². The van der Waals surface area contributed by atoms with Gasteiger partial charge in [-0.1, -0.05) is 0 Å². The molecule has 0 atom stereocenters. The van der Waals surface area contributed by atoms with Gasteiger partial charge in [-0.25, -0.2) is 17.5 Å². The summed E-state index contributed by atoms with van der Waals surface area (Å²) < 4.78 is 39.5. The van der Waals surface area contributed by atoms with Gasteiger partial charge in [0.05, 0.1) is 10.9 Å². The Morgan fingerprint density at radius 3 is 2.29 bits per heavy atom. The largest absolute Gasteiger partial charge is 0.366 e. The maximum absolute atomic E-state index is 13.0. The van der Waals surface area contributed by atoms with Crippen molar-refractivity contribution in [1.82, 2.24) is 14.9 Å². The van der Waals surface area contributed by atoms with Crippen LogP contribution >= 0.6 is 0 Å². The van der Waals surface area contributed by atoms with Gasteiger partial charge in [0.2, 0.25) is 10.0 Å². The molecule has 28 heavy (non-hydrogen) atoms. The highest BCUT2D eigenvalue weighted by atomic mass is 32.2. The van der Waals surface area contributed by atoms with E-state index < -0.39 is 15.3 Å². The first kappa shape index (κ1) is 20.7. The molecule has 0 aliphatic heterocycles. The van der Waals surface area contributed by atoms with E-state index in [1.165, 1.54) is 12.1 Å². The van der Waals surface area contributed by atoms with Gasteiger partial charge in [0.1, 0.15) is 11.6 Å². The van der Waals surface area contributed by atoms with E-state index in [4.69, 9.17) is 0 Å². The predicted molar refractivity (Wildman–Crippen MR) is 109 cm³/mol. The monoisotopic (exact) mass is 406 g/mol. The number of hydrogen-bond acceptors (Lipinski definition) is 5. The van der Waals surface area contributed by atoms with E-state index in [9.17, 15) is 12.8 Å². The molecule has 6 nitrogen and oxygen atoms in total. The van der Waals surface area contributed by atoms with Crippen LogP contribution in [0.3, 0.4) is 0 Å². The molecule has 3 rings (SSSR count). The molecule has 1 aromatic carbocycles. The number of halogens is 1. The number of hydrogen-bond donors (Lipinski definition) is 2. The van der Waals surface area contributed by atoms with Crippen molar-refractivity contribution in [3.63, 3.8) is 0 Å². The second kappa shape index (κ2) is 8.96. The third-order valence-electron chi connectivity index (χ3n) is 5.20. The molecule has 1 heterocycles. The van der Waals surface area contributed by atoms with Gasteiger partial charge in [0.25, 0.3) is 0 Å². The smallest absolute Gasteiger partial charge is 0.213 e. The molecule has 2 aromatic rings. The highest BCUT2D eigenvalue weighted by Crippen LogP contribution is 2.26. The van der Waals surface area contributed by atoms with E-state index in [1.807, 2.05) is 12.1 Å². The van der Waals surface area contributed by atoms with Gasteiger partial charge in [0.15, 0.2) is 0 Å². The zero-order valence-electron chi connectivity index (χ0n) is 16.2. The van der Waals surface area contributed by atoms with E-state index in [0.717, 1.165) is 37.1 Å². The molecular formula is C20H27FN4O2S. The van der Waals surface area contributed by atoms with Crippen LogP contribution in [-0.4, -0.2) is 36.5 Å². The van der Waals surface area contributed by atoms with E-state index in [0.29, 0.717) is 24.2 Å². The molecule has 2 N–H and O–H groups in total. The van der Waals surface area contributed by atoms with Crippen molar-refractivity contribution in [3.8, 4) is 11.3 Å². The van der Waals surface area contributed by atoms with Crippen LogP contribution in [0.5, 0.6) is 0 Å². The number of aromatic nitrogens is 2. The van der Waals surface area contributed by atoms with Crippen LogP contribution in [0.4, 0.5) is 10.2 Å². The molecule has 1 aliphatic rings. The molecule has 0 saturated heterocycles. The summed E-state index contributed by atoms with van der Waals surface area (Å²) >= 11 is 0. The topological polar surface area (TPSA) is 84.0 Å². The summed E-state index contributed by atoms with van der Waals surface area (Å²) in [4.78, 5) is 0. The van der Waals surface area contributed by atoms with Crippen LogP contribution in [0.15, 0.2) is 36.4 Å². The van der Waals surface area contributed by atoms with E-state index in [1.54, 1.807) is 26.0 Å². The fraction of sp³-hybridized carbons (Fsp3) is 0.500. The first-order valence-corrected chi connectivity index (χ1v) is 11.2. The van der Waals surface area contributed by atoms with Crippen molar-refractivity contribution in [3.05, 3.63) is 42.2 Å². The summed E-state index contributed by atoms with van der Waals surface area (Å²) in [6.45, 7) is 3.89. The van der Waals surface area contributed by atoms with E-state index in [-0.39, 0.29) is 5.82 Å². The summed E-state index contributed by atoms with van der Waals surface area (Å²) in [5.41, 5.74) is 1.52. The Morgan fingerprint density at radius 1 is 1.04 bits per heavy atom. The number of nitrogens with one attached hydrogen (secondary N) is 2. The molecule has 0 radical (unpaired) electrons. The maximum Gasteiger partial charge on any atom is 0.213 e. The van der Waals surface area contributed by atoms with Gasteiger partial charge < -0.3 is 5.32 Å². The fourth-order valence-electron chi connectivity index (χ4n) is 3.30. The van der Waals surface area contributed by atoms with Gasteiger partial charge in [-0.15, -0.1) is 10.2 Å². The average molecular weight is 407 g/mol. The van der Waals surface area contributed by atoms with Crippen LogP contribution in [0, 0.1) is 11.7 Å². The molecule has 1 aliphatic carbocycles. The Balaban J connectivity index is 1.47. The third kappa shape index (κ3) is 5.48. The zero-order chi connectivity index (χ0) is 20.1. The normalized spacial score (nSPS) is 20.3. The number of nitrogens with zero attached hydrogens (tertiary/aromatic N) is 2. The van der Waals surface area contributed by atoms with Gasteiger partial charge in [0, 0.05) is 18.2 Å². The summed E-state index contributed by atoms with van der Waals surface area (Å²) in [5.74, 6) is 0.816. The van der Waals surface area contributed by atoms with Crippen LogP contribution in [0.1, 0.15) is 39.5 Å². The first-order valence-electron chi connectivity index (χ1n) is 9.68. The van der Waals surface area contributed by atoms with Crippen LogP contribution in [0.2, 0.25) is 0 Å². The number of anilines is 1. The third-order valence-corrected chi connectivity index (χ3v) is 7.01. The van der Waals surface area contributed by atoms with Gasteiger partial charge >= 0.3 is 0 Å². The zero-order valence-corrected chi connectivity index (χ0v) is 17.0. The lowest BCUT2D eigenvalue weighted by Crippen LogP contribution is -2.37. The van der Waals surface area contributed by atoms with Crippen LogP contribution in [0.25, 0.3) is 11.3 Å². The van der Waals surface area contributed by atoms with E-state index >= 15 is 0 Å². The molecule has 0 amide bonds. The summed E-state index contributed by atoms with van der Waals surface area (Å²) in [7, 11) is -3.19. The number of rotatable bonds is 7. The van der Waals surface area contributed by atoms with Crippen molar-refractivity contribution in [2.75, 3.05) is 11.9 Å².